The minimum Gasteiger partial charge on any atom is -0.462 e. The van der Waals surface area contributed by atoms with Gasteiger partial charge in [0.25, 0.3) is 0 Å². The fraction of sp³-hybridized carbons (Fsp3) is 0.672. The molecule has 0 rings (SSSR count). The van der Waals surface area contributed by atoms with Crippen LogP contribution in [0.4, 0.5) is 0 Å². The summed E-state index contributed by atoms with van der Waals surface area (Å²) in [5, 5.41) is 0. The smallest absolute Gasteiger partial charge is 0.306 e. The van der Waals surface area contributed by atoms with Gasteiger partial charge in [0.1, 0.15) is 13.2 Å². The third-order valence-electron chi connectivity index (χ3n) is 12.0. The summed E-state index contributed by atoms with van der Waals surface area (Å²) in [5.74, 6) is -0.977. The minimum absolute atomic E-state index is 0.102. The number of carbonyl (C=O) groups is 3. The Bertz CT molecular complexity index is 1440. The lowest BCUT2D eigenvalue weighted by molar-refractivity contribution is -0.167. The fourth-order valence-electron chi connectivity index (χ4n) is 7.66. The molecule has 1 unspecified atom stereocenters. The van der Waals surface area contributed by atoms with E-state index in [1.165, 1.54) is 103 Å². The van der Waals surface area contributed by atoms with Crippen molar-refractivity contribution < 1.29 is 28.6 Å². The van der Waals surface area contributed by atoms with Gasteiger partial charge >= 0.3 is 17.9 Å². The number of esters is 3. The maximum atomic E-state index is 12.8. The molecule has 0 heterocycles. The summed E-state index contributed by atoms with van der Waals surface area (Å²) in [4.78, 5) is 38.1. The average molecular weight is 972 g/mol. The van der Waals surface area contributed by atoms with Gasteiger partial charge in [-0.25, -0.2) is 0 Å². The Hall–Kier alpha value is -3.93. The molecule has 6 heteroatoms. The van der Waals surface area contributed by atoms with E-state index in [1.54, 1.807) is 0 Å². The lowest BCUT2D eigenvalue weighted by atomic mass is 10.1. The molecule has 0 spiro atoms. The highest BCUT2D eigenvalue weighted by Crippen LogP contribution is 2.14. The van der Waals surface area contributed by atoms with Gasteiger partial charge in [0, 0.05) is 19.3 Å². The van der Waals surface area contributed by atoms with Crippen molar-refractivity contribution in [2.24, 2.45) is 0 Å². The van der Waals surface area contributed by atoms with E-state index in [1.807, 2.05) is 0 Å². The number of allylic oxidation sites excluding steroid dienone is 18. The summed E-state index contributed by atoms with van der Waals surface area (Å²) in [6.45, 7) is 6.40. The van der Waals surface area contributed by atoms with Crippen molar-refractivity contribution in [1.29, 1.82) is 0 Å². The summed E-state index contributed by atoms with van der Waals surface area (Å²) < 4.78 is 16.8. The van der Waals surface area contributed by atoms with Gasteiger partial charge in [0.05, 0.1) is 0 Å². The van der Waals surface area contributed by atoms with Gasteiger partial charge in [0.2, 0.25) is 0 Å². The summed E-state index contributed by atoms with van der Waals surface area (Å²) in [7, 11) is 0. The second-order valence-corrected chi connectivity index (χ2v) is 18.8. The van der Waals surface area contributed by atoms with Crippen LogP contribution < -0.4 is 0 Å². The van der Waals surface area contributed by atoms with E-state index in [0.717, 1.165) is 109 Å². The Morgan fingerprint density at radius 1 is 0.300 bits per heavy atom. The standard InChI is InChI=1S/C64H106O6/c1-4-7-10-13-16-19-22-24-26-28-30-31-32-33-35-36-38-40-42-45-48-51-54-57-63(66)69-60-61(59-68-62(65)56-53-50-47-44-21-18-15-12-9-6-3)70-64(67)58-55-52-49-46-43-41-39-37-34-29-27-25-23-20-17-14-11-8-5-2/h7,10,12,15-16,19,24-27,30-31,33,35,38,40,45,48,61H,4-6,8-9,11,13-14,17-18,20-23,28-29,32,34,36-37,39,41-44,46-47,49-60H2,1-3H3/b10-7-,15-12-,19-16-,26-24-,27-25-,31-30-,35-33-,40-38-,48-45-. The summed E-state index contributed by atoms with van der Waals surface area (Å²) >= 11 is 0. The van der Waals surface area contributed by atoms with Gasteiger partial charge < -0.3 is 14.2 Å². The van der Waals surface area contributed by atoms with Crippen LogP contribution in [0.15, 0.2) is 109 Å². The number of hydrogen-bond donors (Lipinski definition) is 0. The van der Waals surface area contributed by atoms with Crippen LogP contribution in [0, 0.1) is 0 Å². The highest BCUT2D eigenvalue weighted by molar-refractivity contribution is 5.71. The van der Waals surface area contributed by atoms with Crippen LogP contribution in [0.1, 0.15) is 258 Å². The molecule has 0 saturated heterocycles. The molecule has 1 atom stereocenters. The lowest BCUT2D eigenvalue weighted by Crippen LogP contribution is -2.30. The van der Waals surface area contributed by atoms with E-state index >= 15 is 0 Å². The first-order valence-corrected chi connectivity index (χ1v) is 28.9. The van der Waals surface area contributed by atoms with E-state index in [2.05, 4.69) is 130 Å². The molecule has 0 aromatic heterocycles. The predicted octanol–water partition coefficient (Wildman–Crippen LogP) is 19.5. The van der Waals surface area contributed by atoms with E-state index in [4.69, 9.17) is 14.2 Å². The molecule has 398 valence electrons. The SMILES string of the molecule is CC/C=C\C/C=C\C/C=C\C/C=C\C/C=C\C/C=C\C/C=C\CCCC(=O)OCC(COC(=O)CCCCCCC/C=C\CCC)OC(=O)CCCCCCCCCCC/C=C\CCCCCCCC. The van der Waals surface area contributed by atoms with Crippen LogP contribution in [-0.2, 0) is 28.6 Å². The molecular weight excluding hydrogens is 865 g/mol. The quantitative estimate of drug-likeness (QED) is 0.0262. The van der Waals surface area contributed by atoms with Crippen LogP contribution in [0.5, 0.6) is 0 Å². The zero-order chi connectivity index (χ0) is 50.7. The van der Waals surface area contributed by atoms with E-state index in [-0.39, 0.29) is 37.5 Å². The van der Waals surface area contributed by atoms with Gasteiger partial charge in [-0.3, -0.25) is 14.4 Å². The summed E-state index contributed by atoms with van der Waals surface area (Å²) in [6.07, 6.45) is 78.1. The van der Waals surface area contributed by atoms with Crippen molar-refractivity contribution in [3.05, 3.63) is 109 Å². The van der Waals surface area contributed by atoms with Crippen LogP contribution >= 0.6 is 0 Å². The topological polar surface area (TPSA) is 78.9 Å². The molecule has 0 bridgehead atoms. The average Bonchev–Trinajstić information content (AvgIpc) is 3.36. The Balaban J connectivity index is 4.42. The maximum absolute atomic E-state index is 12.8. The number of unbranched alkanes of at least 4 members (excludes halogenated alkanes) is 22. The molecule has 0 aromatic carbocycles. The molecule has 0 N–H and O–H groups in total. The van der Waals surface area contributed by atoms with Crippen molar-refractivity contribution in [1.82, 2.24) is 0 Å². The molecule has 6 nitrogen and oxygen atoms in total. The minimum atomic E-state index is -0.807. The molecule has 0 radical (unpaired) electrons. The second-order valence-electron chi connectivity index (χ2n) is 18.8. The normalized spacial score (nSPS) is 12.9. The first-order valence-electron chi connectivity index (χ1n) is 28.9. The predicted molar refractivity (Wildman–Crippen MR) is 302 cm³/mol. The van der Waals surface area contributed by atoms with Crippen molar-refractivity contribution in [2.75, 3.05) is 13.2 Å². The number of rotatable bonds is 51. The van der Waals surface area contributed by atoms with Crippen LogP contribution in [0.25, 0.3) is 0 Å². The monoisotopic (exact) mass is 971 g/mol. The number of carbonyl (C=O) groups excluding carboxylic acids is 3. The molecule has 0 aliphatic carbocycles. The first kappa shape index (κ1) is 66.1. The van der Waals surface area contributed by atoms with Crippen molar-refractivity contribution in [3.8, 4) is 0 Å². The van der Waals surface area contributed by atoms with Crippen LogP contribution in [0.2, 0.25) is 0 Å². The lowest BCUT2D eigenvalue weighted by Gasteiger charge is -2.18. The highest BCUT2D eigenvalue weighted by atomic mass is 16.6. The molecule has 0 aliphatic rings. The maximum Gasteiger partial charge on any atom is 0.306 e. The molecule has 0 amide bonds. The Labute approximate surface area is 431 Å². The highest BCUT2D eigenvalue weighted by Gasteiger charge is 2.19. The molecular formula is C64H106O6. The molecule has 70 heavy (non-hydrogen) atoms. The third kappa shape index (κ3) is 55.0. The number of ether oxygens (including phenoxy) is 3. The van der Waals surface area contributed by atoms with Crippen LogP contribution in [0.3, 0.4) is 0 Å². The van der Waals surface area contributed by atoms with Gasteiger partial charge in [-0.2, -0.15) is 0 Å². The van der Waals surface area contributed by atoms with E-state index < -0.39 is 6.10 Å². The van der Waals surface area contributed by atoms with Gasteiger partial charge in [-0.15, -0.1) is 0 Å². The van der Waals surface area contributed by atoms with Crippen molar-refractivity contribution >= 4 is 17.9 Å². The second kappa shape index (κ2) is 57.6. The molecule has 0 aliphatic heterocycles. The zero-order valence-corrected chi connectivity index (χ0v) is 45.5. The third-order valence-corrected chi connectivity index (χ3v) is 12.0. The largest absolute Gasteiger partial charge is 0.462 e. The zero-order valence-electron chi connectivity index (χ0n) is 45.5. The Kier molecular flexibility index (Phi) is 54.4. The molecule has 0 aromatic rings. The van der Waals surface area contributed by atoms with Crippen molar-refractivity contribution in [2.45, 2.75) is 264 Å². The van der Waals surface area contributed by atoms with Crippen LogP contribution in [-0.4, -0.2) is 37.2 Å². The van der Waals surface area contributed by atoms with E-state index in [0.29, 0.717) is 19.3 Å². The van der Waals surface area contributed by atoms with Gasteiger partial charge in [-0.1, -0.05) is 233 Å². The Morgan fingerprint density at radius 2 is 0.600 bits per heavy atom. The van der Waals surface area contributed by atoms with E-state index in [9.17, 15) is 14.4 Å². The van der Waals surface area contributed by atoms with Gasteiger partial charge in [0.15, 0.2) is 6.10 Å². The number of hydrogen-bond acceptors (Lipinski definition) is 6. The summed E-state index contributed by atoms with van der Waals surface area (Å²) in [5.41, 5.74) is 0. The Morgan fingerprint density at radius 3 is 1.00 bits per heavy atom. The van der Waals surface area contributed by atoms with Gasteiger partial charge in [-0.05, 0) is 116 Å². The van der Waals surface area contributed by atoms with Crippen molar-refractivity contribution in [3.63, 3.8) is 0 Å². The molecule has 0 fully saturated rings. The molecule has 0 saturated carbocycles. The summed E-state index contributed by atoms with van der Waals surface area (Å²) in [6, 6.07) is 0. The fourth-order valence-corrected chi connectivity index (χ4v) is 7.66. The first-order chi connectivity index (χ1) is 34.5.